The number of carbonyl (C=O) groups excluding carboxylic acids is 3. The molecule has 3 aliphatic rings. The predicted octanol–water partition coefficient (Wildman–Crippen LogP) is 1.14. The maximum Gasteiger partial charge on any atom is 0.334 e. The highest BCUT2D eigenvalue weighted by Crippen LogP contribution is 2.42. The van der Waals surface area contributed by atoms with E-state index in [4.69, 9.17) is 14.2 Å². The monoisotopic (exact) mass is 360 g/mol. The lowest BCUT2D eigenvalue weighted by atomic mass is 9.82. The van der Waals surface area contributed by atoms with Crippen molar-refractivity contribution in [3.05, 3.63) is 47.8 Å². The topological polar surface area (TPSA) is 99.1 Å². The molecule has 3 aliphatic heterocycles. The van der Waals surface area contributed by atoms with Crippen molar-refractivity contribution in [3.63, 3.8) is 0 Å². The minimum Gasteiger partial charge on any atom is -0.479 e. The fourth-order valence-corrected chi connectivity index (χ4v) is 3.35. The molecule has 0 aliphatic carbocycles. The second-order valence-electron chi connectivity index (χ2n) is 6.90. The Morgan fingerprint density at radius 1 is 1.46 bits per heavy atom. The Morgan fingerprint density at radius 3 is 2.77 bits per heavy atom. The summed E-state index contributed by atoms with van der Waals surface area (Å²) in [5.74, 6) is -2.03. The number of esters is 2. The maximum atomic E-state index is 12.5. The van der Waals surface area contributed by atoms with Gasteiger partial charge < -0.3 is 19.3 Å². The van der Waals surface area contributed by atoms with E-state index in [0.29, 0.717) is 5.57 Å². The molecule has 0 aromatic heterocycles. The average Bonchev–Trinajstić information content (AvgIpc) is 3.01. The summed E-state index contributed by atoms with van der Waals surface area (Å²) in [5, 5.41) is 9.67. The lowest BCUT2D eigenvalue weighted by molar-refractivity contribution is -0.153. The average molecular weight is 360 g/mol. The van der Waals surface area contributed by atoms with Gasteiger partial charge in [-0.1, -0.05) is 13.2 Å². The Labute approximate surface area is 150 Å². The Bertz CT molecular complexity index is 788. The number of rotatable bonds is 3. The molecule has 0 aromatic rings. The van der Waals surface area contributed by atoms with Crippen LogP contribution in [0.5, 0.6) is 0 Å². The third-order valence-electron chi connectivity index (χ3n) is 4.83. The van der Waals surface area contributed by atoms with E-state index in [1.165, 1.54) is 19.1 Å². The van der Waals surface area contributed by atoms with Crippen molar-refractivity contribution >= 4 is 17.7 Å². The van der Waals surface area contributed by atoms with E-state index in [1.54, 1.807) is 6.92 Å². The first-order chi connectivity index (χ1) is 12.2. The molecule has 0 aromatic carbocycles. The summed E-state index contributed by atoms with van der Waals surface area (Å²) in [6, 6.07) is 0. The van der Waals surface area contributed by atoms with Crippen molar-refractivity contribution in [2.45, 2.75) is 38.1 Å². The van der Waals surface area contributed by atoms with Crippen LogP contribution < -0.4 is 0 Å². The van der Waals surface area contributed by atoms with E-state index in [2.05, 4.69) is 13.2 Å². The van der Waals surface area contributed by atoms with E-state index in [1.807, 2.05) is 0 Å². The van der Waals surface area contributed by atoms with Gasteiger partial charge in [-0.25, -0.2) is 9.59 Å². The van der Waals surface area contributed by atoms with Crippen LogP contribution in [0.3, 0.4) is 0 Å². The zero-order valence-electron chi connectivity index (χ0n) is 14.6. The lowest BCUT2D eigenvalue weighted by Gasteiger charge is -2.31. The molecule has 2 bridgehead atoms. The van der Waals surface area contributed by atoms with E-state index >= 15 is 0 Å². The number of aliphatic hydroxyl groups excluding tert-OH is 1. The number of hydrogen-bond donors (Lipinski definition) is 1. The summed E-state index contributed by atoms with van der Waals surface area (Å²) in [4.78, 5) is 36.6. The van der Waals surface area contributed by atoms with Crippen molar-refractivity contribution in [1.82, 2.24) is 0 Å². The normalized spacial score (nSPS) is 35.0. The largest absolute Gasteiger partial charge is 0.479 e. The zero-order valence-corrected chi connectivity index (χ0v) is 14.6. The van der Waals surface area contributed by atoms with Crippen molar-refractivity contribution < 1.29 is 33.7 Å². The molecule has 26 heavy (non-hydrogen) atoms. The Morgan fingerprint density at radius 2 is 2.15 bits per heavy atom. The SMILES string of the molecule is C=C(C)C(=O)O[C@@H]1CC2(C)OC(=CC2=O)/C(CO)=C/[C@@H]2OC(=O)C(=C)C21. The summed E-state index contributed by atoms with van der Waals surface area (Å²) in [6.45, 7) is 9.99. The van der Waals surface area contributed by atoms with E-state index < -0.39 is 42.3 Å². The van der Waals surface area contributed by atoms with Gasteiger partial charge in [-0.3, -0.25) is 4.79 Å². The van der Waals surface area contributed by atoms with Crippen LogP contribution in [-0.2, 0) is 28.6 Å². The van der Waals surface area contributed by atoms with Gasteiger partial charge >= 0.3 is 11.9 Å². The highest BCUT2D eigenvalue weighted by Gasteiger charge is 2.52. The molecule has 3 heterocycles. The fourth-order valence-electron chi connectivity index (χ4n) is 3.35. The third kappa shape index (κ3) is 2.88. The first kappa shape index (κ1) is 18.1. The van der Waals surface area contributed by atoms with Gasteiger partial charge in [0, 0.05) is 29.2 Å². The fraction of sp³-hybridized carbons (Fsp3) is 0.421. The van der Waals surface area contributed by atoms with Crippen LogP contribution in [0.2, 0.25) is 0 Å². The number of ether oxygens (including phenoxy) is 3. The van der Waals surface area contributed by atoms with Crippen LogP contribution in [0.15, 0.2) is 47.8 Å². The highest BCUT2D eigenvalue weighted by molar-refractivity contribution is 6.00. The first-order valence-electron chi connectivity index (χ1n) is 8.19. The molecule has 1 fully saturated rings. The van der Waals surface area contributed by atoms with Crippen LogP contribution in [0.4, 0.5) is 0 Å². The van der Waals surface area contributed by atoms with Gasteiger partial charge in [0.1, 0.15) is 18.0 Å². The van der Waals surface area contributed by atoms with Gasteiger partial charge in [-0.05, 0) is 19.9 Å². The smallest absolute Gasteiger partial charge is 0.334 e. The summed E-state index contributed by atoms with van der Waals surface area (Å²) in [7, 11) is 0. The van der Waals surface area contributed by atoms with Gasteiger partial charge in [0.25, 0.3) is 0 Å². The Kier molecular flexibility index (Phi) is 4.36. The summed E-state index contributed by atoms with van der Waals surface area (Å²) >= 11 is 0. The first-order valence-corrected chi connectivity index (χ1v) is 8.19. The van der Waals surface area contributed by atoms with E-state index in [0.717, 1.165) is 0 Å². The minimum absolute atomic E-state index is 0.00816. The second-order valence-corrected chi connectivity index (χ2v) is 6.90. The Balaban J connectivity index is 2.09. The van der Waals surface area contributed by atoms with Crippen LogP contribution in [0, 0.1) is 5.92 Å². The molecule has 138 valence electrons. The predicted molar refractivity (Wildman–Crippen MR) is 89.6 cm³/mol. The molecule has 0 amide bonds. The molecule has 4 atom stereocenters. The summed E-state index contributed by atoms with van der Waals surface area (Å²) in [6.07, 6.45) is 1.14. The van der Waals surface area contributed by atoms with Gasteiger partial charge in [0.15, 0.2) is 5.60 Å². The molecule has 2 unspecified atom stereocenters. The lowest BCUT2D eigenvalue weighted by Crippen LogP contribution is -2.42. The van der Waals surface area contributed by atoms with Crippen LogP contribution in [-0.4, -0.2) is 47.2 Å². The molecule has 1 saturated heterocycles. The highest BCUT2D eigenvalue weighted by atomic mass is 16.6. The molecule has 3 rings (SSSR count). The summed E-state index contributed by atoms with van der Waals surface area (Å²) < 4.78 is 16.6. The molecule has 0 saturated carbocycles. The van der Waals surface area contributed by atoms with Crippen LogP contribution in [0.1, 0.15) is 20.3 Å². The number of carbonyl (C=O) groups is 3. The minimum atomic E-state index is -1.29. The molecule has 7 heteroatoms. The standard InChI is InChI=1S/C19H20O7/c1-9(2)17(22)25-14-7-19(4)15(21)6-12(26-19)11(8-20)5-13-16(14)10(3)18(23)24-13/h5-6,13-14,16,20H,1,3,7-8H2,2,4H3/b11-5+/t13-,14+,16?,19?/m0/s1. The van der Waals surface area contributed by atoms with Gasteiger partial charge in [-0.15, -0.1) is 0 Å². The number of fused-ring (bicyclic) bond motifs is 3. The second kappa shape index (κ2) is 6.25. The van der Waals surface area contributed by atoms with Crippen LogP contribution in [0.25, 0.3) is 0 Å². The van der Waals surface area contributed by atoms with Crippen LogP contribution >= 0.6 is 0 Å². The summed E-state index contributed by atoms with van der Waals surface area (Å²) in [5.41, 5.74) is -0.631. The van der Waals surface area contributed by atoms with Crippen molar-refractivity contribution in [2.75, 3.05) is 6.61 Å². The van der Waals surface area contributed by atoms with Gasteiger partial charge in [0.05, 0.1) is 12.5 Å². The zero-order chi connectivity index (χ0) is 19.2. The van der Waals surface area contributed by atoms with Crippen molar-refractivity contribution in [2.24, 2.45) is 5.92 Å². The van der Waals surface area contributed by atoms with Crippen molar-refractivity contribution in [3.8, 4) is 0 Å². The Hall–Kier alpha value is -2.67. The van der Waals surface area contributed by atoms with Crippen molar-refractivity contribution in [1.29, 1.82) is 0 Å². The number of ketones is 1. The van der Waals surface area contributed by atoms with E-state index in [-0.39, 0.29) is 29.1 Å². The molecule has 1 N–H and O–H groups in total. The molecular weight excluding hydrogens is 340 g/mol. The van der Waals surface area contributed by atoms with Gasteiger partial charge in [-0.2, -0.15) is 0 Å². The molecule has 0 spiro atoms. The van der Waals surface area contributed by atoms with E-state index in [9.17, 15) is 19.5 Å². The number of hydrogen-bond acceptors (Lipinski definition) is 7. The van der Waals surface area contributed by atoms with Gasteiger partial charge in [0.2, 0.25) is 5.78 Å². The molecular formula is C19H20O7. The maximum absolute atomic E-state index is 12.5. The number of aliphatic hydroxyl groups is 1. The third-order valence-corrected chi connectivity index (χ3v) is 4.83. The quantitative estimate of drug-likeness (QED) is 0.595. The molecule has 0 radical (unpaired) electrons. The molecule has 7 nitrogen and oxygen atoms in total.